The van der Waals surface area contributed by atoms with Gasteiger partial charge in [-0.2, -0.15) is 0 Å². The number of nitrogens with zero attached hydrogens (tertiary/aromatic N) is 4. The summed E-state index contributed by atoms with van der Waals surface area (Å²) in [4.78, 5) is 26.3. The Morgan fingerprint density at radius 3 is 0.917 bits per heavy atom. The summed E-state index contributed by atoms with van der Waals surface area (Å²) >= 11 is 0. The number of carboxylic acid groups (broad SMARTS) is 2. The Balaban J connectivity index is 0. The second kappa shape index (κ2) is 27.4. The van der Waals surface area contributed by atoms with E-state index in [1.807, 2.05) is 97.1 Å². The molecule has 0 saturated carbocycles. The van der Waals surface area contributed by atoms with Gasteiger partial charge >= 0.3 is 42.1 Å². The average Bonchev–Trinajstić information content (AvgIpc) is 3.06. The summed E-state index contributed by atoms with van der Waals surface area (Å²) in [6.07, 6.45) is 3.06. The number of benzene rings is 4. The molecule has 4 rings (SSSR count). The van der Waals surface area contributed by atoms with Crippen molar-refractivity contribution in [3.8, 4) is 23.0 Å². The van der Waals surface area contributed by atoms with Crippen molar-refractivity contribution in [3.05, 3.63) is 108 Å². The first-order valence-corrected chi connectivity index (χ1v) is 13.5. The molecule has 12 nitrogen and oxygen atoms in total. The first-order valence-electron chi connectivity index (χ1n) is 13.5. The van der Waals surface area contributed by atoms with E-state index in [1.54, 1.807) is 28.4 Å². The number of aliphatic carboxylic acids is 2. The van der Waals surface area contributed by atoms with Crippen LogP contribution < -0.4 is 29.2 Å². The van der Waals surface area contributed by atoms with E-state index in [4.69, 9.17) is 38.7 Å². The van der Waals surface area contributed by atoms with Gasteiger partial charge in [0, 0.05) is 11.9 Å². The van der Waals surface area contributed by atoms with Gasteiger partial charge in [0.2, 0.25) is 0 Å². The molecule has 0 unspecified atom stereocenters. The zero-order chi connectivity index (χ0) is 34.2. The molecule has 0 amide bonds. The predicted octanol–water partition coefficient (Wildman–Crippen LogP) is 5.65. The molecule has 0 fully saturated rings. The number of hydrogen-bond acceptors (Lipinski definition) is 10. The summed E-state index contributed by atoms with van der Waals surface area (Å²) in [5.74, 6) is 1.08. The van der Waals surface area contributed by atoms with Crippen LogP contribution in [0.5, 0.6) is 23.0 Å². The molecule has 0 atom stereocenters. The number of aliphatic imine (C=N–C) groups is 2. The summed E-state index contributed by atoms with van der Waals surface area (Å²) in [7, 11) is 6.54. The van der Waals surface area contributed by atoms with Gasteiger partial charge in [-0.05, 0) is 85.1 Å². The van der Waals surface area contributed by atoms with Gasteiger partial charge in [0.05, 0.1) is 28.4 Å². The van der Waals surface area contributed by atoms with Crippen molar-refractivity contribution < 1.29 is 80.9 Å². The minimum Gasteiger partial charge on any atom is -0.550 e. The molecular weight excluding hydrogens is 784 g/mol. The monoisotopic (exact) mass is 824 g/mol. The van der Waals surface area contributed by atoms with Gasteiger partial charge in [-0.1, -0.05) is 61.2 Å². The fourth-order valence-electron chi connectivity index (χ4n) is 3.00. The Morgan fingerprint density at radius 1 is 0.500 bits per heavy atom. The summed E-state index contributed by atoms with van der Waals surface area (Å²) in [5, 5.41) is 26.3. The quantitative estimate of drug-likeness (QED) is 0.112. The van der Waals surface area contributed by atoms with Gasteiger partial charge < -0.3 is 59.4 Å². The molecule has 0 saturated heterocycles. The van der Waals surface area contributed by atoms with Crippen molar-refractivity contribution >= 4 is 47.4 Å². The van der Waals surface area contributed by atoms with Crippen LogP contribution in [0.25, 0.3) is 10.6 Å². The molecular formula is C34H36Mo2N4O8. The summed E-state index contributed by atoms with van der Waals surface area (Å²) in [5.41, 5.74) is 3.33. The molecule has 0 spiro atoms. The molecule has 0 radical (unpaired) electrons. The molecule has 0 N–H and O–H groups in total. The SMILES string of the molecule is CC(=O)[O-].CC(=O)[O-].COc1ccc(N=C[N-]c2ccc(OC)cc2)cc1.COc1ccc(N=C[N-]c2ccc(OC)cc2)cc1.[Mo+2].[Mo+2]. The van der Waals surface area contributed by atoms with E-state index in [0.29, 0.717) is 0 Å². The number of hydrogen-bond donors (Lipinski definition) is 0. The fourth-order valence-corrected chi connectivity index (χ4v) is 3.00. The van der Waals surface area contributed by atoms with E-state index in [0.717, 1.165) is 59.6 Å². The van der Waals surface area contributed by atoms with Crippen LogP contribution in [0.3, 0.4) is 0 Å². The van der Waals surface area contributed by atoms with Crippen molar-refractivity contribution in [3.63, 3.8) is 0 Å². The van der Waals surface area contributed by atoms with Crippen molar-refractivity contribution in [1.29, 1.82) is 0 Å². The van der Waals surface area contributed by atoms with E-state index in [1.165, 1.54) is 12.7 Å². The van der Waals surface area contributed by atoms with Crippen LogP contribution in [-0.2, 0) is 51.7 Å². The third kappa shape index (κ3) is 22.0. The fraction of sp³-hybridized carbons (Fsp3) is 0.176. The van der Waals surface area contributed by atoms with E-state index in [-0.39, 0.29) is 42.1 Å². The topological polar surface area (TPSA) is 170 Å². The molecule has 0 aromatic heterocycles. The van der Waals surface area contributed by atoms with Crippen LogP contribution in [0.4, 0.5) is 22.7 Å². The van der Waals surface area contributed by atoms with Crippen LogP contribution in [0.2, 0.25) is 0 Å². The van der Waals surface area contributed by atoms with E-state index in [9.17, 15) is 0 Å². The van der Waals surface area contributed by atoms with Gasteiger partial charge in [-0.3, -0.25) is 0 Å². The van der Waals surface area contributed by atoms with Crippen molar-refractivity contribution in [2.24, 2.45) is 9.98 Å². The molecule has 0 aliphatic rings. The number of rotatable bonds is 10. The number of carboxylic acids is 2. The van der Waals surface area contributed by atoms with Crippen LogP contribution in [0, 0.1) is 0 Å². The van der Waals surface area contributed by atoms with Crippen molar-refractivity contribution in [2.45, 2.75) is 13.8 Å². The number of methoxy groups -OCH3 is 4. The van der Waals surface area contributed by atoms with Gasteiger partial charge in [0.25, 0.3) is 0 Å². The molecule has 14 heteroatoms. The maximum atomic E-state index is 8.89. The maximum absolute atomic E-state index is 8.89. The minimum absolute atomic E-state index is 0. The molecule has 48 heavy (non-hydrogen) atoms. The summed E-state index contributed by atoms with van der Waals surface area (Å²) < 4.78 is 20.3. The zero-order valence-corrected chi connectivity index (χ0v) is 31.3. The largest absolute Gasteiger partial charge is 2.00 e. The number of carbonyl (C=O) groups is 2. The normalized spacial score (nSPS) is 9.29. The van der Waals surface area contributed by atoms with Crippen LogP contribution in [0.15, 0.2) is 107 Å². The van der Waals surface area contributed by atoms with Gasteiger partial charge in [0.15, 0.2) is 0 Å². The Bertz CT molecular complexity index is 1360. The molecule has 252 valence electrons. The second-order valence-corrected chi connectivity index (χ2v) is 8.52. The number of ether oxygens (including phenoxy) is 4. The van der Waals surface area contributed by atoms with Gasteiger partial charge in [-0.25, -0.2) is 0 Å². The standard InChI is InChI=1S/2C15H15N2O2.2C2H4O2.2Mo/c2*1-18-14-7-3-12(4-8-14)16-11-17-13-5-9-15(19-2)10-6-13;2*1-2(3)4;;/h2*3-11H,1-2H3;2*1H3,(H,3,4);;/q2*-1;;;2*+2/p-2. The average molecular weight is 821 g/mol. The third-order valence-electron chi connectivity index (χ3n) is 5.12. The first kappa shape index (κ1) is 45.5. The van der Waals surface area contributed by atoms with Gasteiger partial charge in [-0.15, -0.1) is 0 Å². The Hall–Kier alpha value is -4.66. The van der Waals surface area contributed by atoms with Crippen LogP contribution in [0.1, 0.15) is 13.8 Å². The van der Waals surface area contributed by atoms with E-state index >= 15 is 0 Å². The Morgan fingerprint density at radius 2 is 0.708 bits per heavy atom. The third-order valence-corrected chi connectivity index (χ3v) is 5.12. The Kier molecular flexibility index (Phi) is 26.0. The van der Waals surface area contributed by atoms with Gasteiger partial charge in [0.1, 0.15) is 23.0 Å². The zero-order valence-electron chi connectivity index (χ0n) is 27.3. The van der Waals surface area contributed by atoms with Crippen LogP contribution in [-0.4, -0.2) is 53.1 Å². The summed E-state index contributed by atoms with van der Waals surface area (Å²) in [6.45, 7) is 1.94. The molecule has 4 aromatic carbocycles. The molecule has 0 heterocycles. The second-order valence-electron chi connectivity index (χ2n) is 8.52. The van der Waals surface area contributed by atoms with E-state index in [2.05, 4.69) is 20.6 Å². The molecule has 4 aromatic rings. The van der Waals surface area contributed by atoms with Crippen LogP contribution >= 0.6 is 0 Å². The molecule has 0 aliphatic heterocycles. The predicted molar refractivity (Wildman–Crippen MR) is 176 cm³/mol. The van der Waals surface area contributed by atoms with E-state index < -0.39 is 11.9 Å². The smallest absolute Gasteiger partial charge is 0.550 e. The number of carbonyl (C=O) groups excluding carboxylic acids is 2. The maximum Gasteiger partial charge on any atom is 2.00 e. The molecule has 0 bridgehead atoms. The van der Waals surface area contributed by atoms with Crippen molar-refractivity contribution in [2.75, 3.05) is 28.4 Å². The Labute approximate surface area is 309 Å². The van der Waals surface area contributed by atoms with Crippen molar-refractivity contribution in [1.82, 2.24) is 0 Å². The minimum atomic E-state index is -1.08. The molecule has 0 aliphatic carbocycles. The first-order chi connectivity index (χ1) is 22.1. The summed E-state index contributed by atoms with van der Waals surface area (Å²) in [6, 6.07) is 29.9.